The van der Waals surface area contributed by atoms with Gasteiger partial charge in [-0.15, -0.1) is 0 Å². The molecule has 0 bridgehead atoms. The SMILES string of the molecule is OCC(O)C(O)c1cccc(OC(F)F)c1. The smallest absolute Gasteiger partial charge is 0.387 e. The van der Waals surface area contributed by atoms with Gasteiger partial charge in [0.05, 0.1) is 6.61 Å². The normalized spacial score (nSPS) is 14.9. The van der Waals surface area contributed by atoms with Crippen LogP contribution in [0, 0.1) is 0 Å². The van der Waals surface area contributed by atoms with Crippen molar-refractivity contribution < 1.29 is 28.8 Å². The minimum absolute atomic E-state index is 0.114. The molecular formula is C10H12F2O4. The molecule has 0 heterocycles. The monoisotopic (exact) mass is 234 g/mol. The Kier molecular flexibility index (Phi) is 4.60. The molecular weight excluding hydrogens is 222 g/mol. The lowest BCUT2D eigenvalue weighted by Crippen LogP contribution is -2.22. The summed E-state index contributed by atoms with van der Waals surface area (Å²) >= 11 is 0. The average molecular weight is 234 g/mol. The number of hydrogen-bond donors (Lipinski definition) is 3. The van der Waals surface area contributed by atoms with Gasteiger partial charge < -0.3 is 20.1 Å². The van der Waals surface area contributed by atoms with Gasteiger partial charge in [0.1, 0.15) is 18.0 Å². The molecule has 1 aromatic carbocycles. The van der Waals surface area contributed by atoms with Gasteiger partial charge in [-0.05, 0) is 17.7 Å². The number of ether oxygens (including phenoxy) is 1. The van der Waals surface area contributed by atoms with Gasteiger partial charge in [0.2, 0.25) is 0 Å². The highest BCUT2D eigenvalue weighted by atomic mass is 19.3. The number of rotatable bonds is 5. The van der Waals surface area contributed by atoms with E-state index in [0.717, 1.165) is 0 Å². The van der Waals surface area contributed by atoms with Crippen molar-refractivity contribution in [3.8, 4) is 5.75 Å². The molecule has 0 aliphatic rings. The van der Waals surface area contributed by atoms with Crippen LogP contribution >= 0.6 is 0 Å². The first-order valence-electron chi connectivity index (χ1n) is 4.56. The quantitative estimate of drug-likeness (QED) is 0.700. The van der Waals surface area contributed by atoms with Gasteiger partial charge in [0.25, 0.3) is 0 Å². The van der Waals surface area contributed by atoms with Crippen LogP contribution < -0.4 is 4.74 Å². The van der Waals surface area contributed by atoms with Crippen molar-refractivity contribution in [3.63, 3.8) is 0 Å². The molecule has 16 heavy (non-hydrogen) atoms. The summed E-state index contributed by atoms with van der Waals surface area (Å²) in [4.78, 5) is 0. The second kappa shape index (κ2) is 5.74. The van der Waals surface area contributed by atoms with Gasteiger partial charge in [-0.1, -0.05) is 12.1 Å². The molecule has 0 saturated heterocycles. The van der Waals surface area contributed by atoms with Gasteiger partial charge in [-0.3, -0.25) is 0 Å². The van der Waals surface area contributed by atoms with Crippen molar-refractivity contribution in [1.29, 1.82) is 0 Å². The van der Waals surface area contributed by atoms with Gasteiger partial charge in [0.15, 0.2) is 0 Å². The highest BCUT2D eigenvalue weighted by molar-refractivity contribution is 5.30. The van der Waals surface area contributed by atoms with Crippen molar-refractivity contribution in [1.82, 2.24) is 0 Å². The summed E-state index contributed by atoms with van der Waals surface area (Å²) in [6.45, 7) is -3.57. The molecule has 1 aromatic rings. The van der Waals surface area contributed by atoms with E-state index in [-0.39, 0.29) is 11.3 Å². The van der Waals surface area contributed by atoms with Crippen molar-refractivity contribution in [3.05, 3.63) is 29.8 Å². The number of alkyl halides is 2. The summed E-state index contributed by atoms with van der Waals surface area (Å²) < 4.78 is 27.9. The Morgan fingerprint density at radius 2 is 1.94 bits per heavy atom. The van der Waals surface area contributed by atoms with Crippen LogP contribution in [0.1, 0.15) is 11.7 Å². The predicted molar refractivity (Wildman–Crippen MR) is 51.1 cm³/mol. The van der Waals surface area contributed by atoms with Gasteiger partial charge in [0, 0.05) is 0 Å². The van der Waals surface area contributed by atoms with E-state index in [4.69, 9.17) is 10.2 Å². The molecule has 1 rings (SSSR count). The fraction of sp³-hybridized carbons (Fsp3) is 0.400. The number of halogens is 2. The van der Waals surface area contributed by atoms with E-state index < -0.39 is 25.4 Å². The molecule has 90 valence electrons. The largest absolute Gasteiger partial charge is 0.435 e. The van der Waals surface area contributed by atoms with E-state index in [2.05, 4.69) is 4.74 Å². The lowest BCUT2D eigenvalue weighted by molar-refractivity contribution is -0.0503. The van der Waals surface area contributed by atoms with Crippen LogP contribution in [0.3, 0.4) is 0 Å². The van der Waals surface area contributed by atoms with E-state index >= 15 is 0 Å². The minimum atomic E-state index is -2.95. The Hall–Kier alpha value is -1.24. The Morgan fingerprint density at radius 3 is 2.50 bits per heavy atom. The van der Waals surface area contributed by atoms with Crippen LogP contribution in [0.4, 0.5) is 8.78 Å². The number of aliphatic hydroxyl groups excluding tert-OH is 3. The summed E-state index contributed by atoms with van der Waals surface area (Å²) in [5.74, 6) is -0.114. The lowest BCUT2D eigenvalue weighted by Gasteiger charge is -2.16. The maximum Gasteiger partial charge on any atom is 0.387 e. The number of aliphatic hydroxyl groups is 3. The summed E-state index contributed by atoms with van der Waals surface area (Å²) in [6, 6.07) is 5.31. The van der Waals surface area contributed by atoms with Crippen LogP contribution in [0.25, 0.3) is 0 Å². The molecule has 0 saturated carbocycles. The third-order valence-corrected chi connectivity index (χ3v) is 1.98. The standard InChI is InChI=1S/C10H12F2O4/c11-10(12)16-7-3-1-2-6(4-7)9(15)8(14)5-13/h1-4,8-10,13-15H,5H2. The van der Waals surface area contributed by atoms with E-state index in [0.29, 0.717) is 0 Å². The van der Waals surface area contributed by atoms with Gasteiger partial charge in [-0.2, -0.15) is 8.78 Å². The second-order valence-electron chi connectivity index (χ2n) is 3.15. The summed E-state index contributed by atoms with van der Waals surface area (Å²) in [6.07, 6.45) is -2.70. The number of hydrogen-bond acceptors (Lipinski definition) is 4. The zero-order valence-corrected chi connectivity index (χ0v) is 8.25. The van der Waals surface area contributed by atoms with E-state index in [1.54, 1.807) is 0 Å². The highest BCUT2D eigenvalue weighted by Crippen LogP contribution is 2.22. The fourth-order valence-corrected chi connectivity index (χ4v) is 1.20. The minimum Gasteiger partial charge on any atom is -0.435 e. The molecule has 0 radical (unpaired) electrons. The Balaban J connectivity index is 2.81. The van der Waals surface area contributed by atoms with Crippen molar-refractivity contribution in [2.24, 2.45) is 0 Å². The third-order valence-electron chi connectivity index (χ3n) is 1.98. The molecule has 0 spiro atoms. The van der Waals surface area contributed by atoms with E-state index in [1.807, 2.05) is 0 Å². The molecule has 3 N–H and O–H groups in total. The van der Waals surface area contributed by atoms with Crippen LogP contribution in [0.2, 0.25) is 0 Å². The molecule has 0 fully saturated rings. The molecule has 2 atom stereocenters. The maximum atomic E-state index is 11.9. The molecule has 4 nitrogen and oxygen atoms in total. The Bertz CT molecular complexity index is 332. The third kappa shape index (κ3) is 3.41. The fourth-order valence-electron chi connectivity index (χ4n) is 1.20. The van der Waals surface area contributed by atoms with Crippen molar-refractivity contribution in [2.45, 2.75) is 18.8 Å². The summed E-state index contributed by atoms with van der Waals surface area (Å²) in [5, 5.41) is 27.3. The van der Waals surface area contributed by atoms with Crippen LogP contribution in [0.5, 0.6) is 5.75 Å². The summed E-state index contributed by atoms with van der Waals surface area (Å²) in [7, 11) is 0. The first kappa shape index (κ1) is 12.8. The zero-order chi connectivity index (χ0) is 12.1. The number of benzene rings is 1. The first-order valence-corrected chi connectivity index (χ1v) is 4.56. The topological polar surface area (TPSA) is 69.9 Å². The first-order chi connectivity index (χ1) is 7.54. The predicted octanol–water partition coefficient (Wildman–Crippen LogP) is 0.675. The van der Waals surface area contributed by atoms with E-state index in [9.17, 15) is 13.9 Å². The molecule has 0 aliphatic carbocycles. The molecule has 6 heteroatoms. The molecule has 2 unspecified atom stereocenters. The zero-order valence-electron chi connectivity index (χ0n) is 8.25. The van der Waals surface area contributed by atoms with Crippen LogP contribution in [-0.2, 0) is 0 Å². The Labute approximate surface area is 90.7 Å². The van der Waals surface area contributed by atoms with Crippen LogP contribution in [0.15, 0.2) is 24.3 Å². The Morgan fingerprint density at radius 1 is 1.25 bits per heavy atom. The lowest BCUT2D eigenvalue weighted by atomic mass is 10.0. The average Bonchev–Trinajstić information content (AvgIpc) is 2.26. The van der Waals surface area contributed by atoms with Crippen molar-refractivity contribution in [2.75, 3.05) is 6.61 Å². The highest BCUT2D eigenvalue weighted by Gasteiger charge is 2.18. The van der Waals surface area contributed by atoms with Gasteiger partial charge >= 0.3 is 6.61 Å². The molecule has 0 aliphatic heterocycles. The van der Waals surface area contributed by atoms with Crippen LogP contribution in [-0.4, -0.2) is 34.6 Å². The van der Waals surface area contributed by atoms with Gasteiger partial charge in [-0.25, -0.2) is 0 Å². The van der Waals surface area contributed by atoms with Crippen molar-refractivity contribution >= 4 is 0 Å². The second-order valence-corrected chi connectivity index (χ2v) is 3.15. The molecule has 0 aromatic heterocycles. The maximum absolute atomic E-state index is 11.9. The molecule has 0 amide bonds. The van der Waals surface area contributed by atoms with E-state index in [1.165, 1.54) is 24.3 Å². The summed E-state index contributed by atoms with van der Waals surface area (Å²) in [5.41, 5.74) is 0.194.